The molecule has 1 aromatic carbocycles. The van der Waals surface area contributed by atoms with Gasteiger partial charge in [-0.3, -0.25) is 0 Å². The molecule has 0 nitrogen and oxygen atoms in total. The van der Waals surface area contributed by atoms with Crippen molar-refractivity contribution in [3.8, 4) is 0 Å². The fraction of sp³-hybridized carbons (Fsp3) is 0.462. The molecular formula is C13H19. The topological polar surface area (TPSA) is 0 Å². The second-order valence-corrected chi connectivity index (χ2v) is 3.58. The van der Waals surface area contributed by atoms with Crippen molar-refractivity contribution in [2.45, 2.75) is 39.0 Å². The Morgan fingerprint density at radius 3 is 2.54 bits per heavy atom. The van der Waals surface area contributed by atoms with Crippen LogP contribution in [0.2, 0.25) is 0 Å². The summed E-state index contributed by atoms with van der Waals surface area (Å²) in [5.41, 5.74) is 2.61. The Morgan fingerprint density at radius 1 is 1.08 bits per heavy atom. The average molecular weight is 175 g/mol. The van der Waals surface area contributed by atoms with Gasteiger partial charge in [-0.15, -0.1) is 0 Å². The molecule has 1 aromatic rings. The van der Waals surface area contributed by atoms with Crippen molar-refractivity contribution < 1.29 is 0 Å². The van der Waals surface area contributed by atoms with Gasteiger partial charge in [0.1, 0.15) is 0 Å². The lowest BCUT2D eigenvalue weighted by Gasteiger charge is -2.04. The summed E-state index contributed by atoms with van der Waals surface area (Å²) >= 11 is 0. The van der Waals surface area contributed by atoms with Gasteiger partial charge < -0.3 is 0 Å². The normalized spacial score (nSPS) is 10.3. The van der Waals surface area contributed by atoms with Gasteiger partial charge in [0.25, 0.3) is 0 Å². The summed E-state index contributed by atoms with van der Waals surface area (Å²) in [6, 6.07) is 8.44. The number of aryl methyl sites for hydroxylation is 1. The molecule has 0 bridgehead atoms. The monoisotopic (exact) mass is 175 g/mol. The smallest absolute Gasteiger partial charge is 0.0235 e. The third kappa shape index (κ3) is 3.63. The van der Waals surface area contributed by atoms with Gasteiger partial charge in [0.2, 0.25) is 0 Å². The Balaban J connectivity index is 2.32. The van der Waals surface area contributed by atoms with Crippen LogP contribution in [0.1, 0.15) is 43.7 Å². The Bertz CT molecular complexity index is 238. The highest BCUT2D eigenvalue weighted by molar-refractivity contribution is 5.29. The first kappa shape index (κ1) is 10.3. The van der Waals surface area contributed by atoms with E-state index < -0.39 is 0 Å². The molecule has 0 aliphatic rings. The molecule has 0 N–H and O–H groups in total. The number of rotatable bonds is 5. The van der Waals surface area contributed by atoms with Crippen molar-refractivity contribution in [3.63, 3.8) is 0 Å². The largest absolute Gasteiger partial charge is 0.0654 e. The summed E-state index contributed by atoms with van der Waals surface area (Å²) in [4.78, 5) is 0. The second-order valence-electron chi connectivity index (χ2n) is 3.58. The minimum absolute atomic E-state index is 1.19. The first-order valence-electron chi connectivity index (χ1n) is 5.24. The molecule has 0 aliphatic carbocycles. The first-order chi connectivity index (χ1) is 6.34. The third-order valence-corrected chi connectivity index (χ3v) is 2.42. The Labute approximate surface area is 82.0 Å². The van der Waals surface area contributed by atoms with E-state index in [0.29, 0.717) is 0 Å². The van der Waals surface area contributed by atoms with Gasteiger partial charge in [-0.05, 0) is 30.9 Å². The zero-order chi connectivity index (χ0) is 9.52. The molecule has 13 heavy (non-hydrogen) atoms. The van der Waals surface area contributed by atoms with Crippen LogP contribution in [-0.2, 0) is 6.42 Å². The highest BCUT2D eigenvalue weighted by Crippen LogP contribution is 2.11. The molecule has 0 spiro atoms. The highest BCUT2D eigenvalue weighted by Gasteiger charge is 1.95. The number of benzene rings is 1. The minimum Gasteiger partial charge on any atom is -0.0654 e. The molecule has 1 radical (unpaired) electrons. The van der Waals surface area contributed by atoms with Crippen molar-refractivity contribution >= 4 is 0 Å². The van der Waals surface area contributed by atoms with Crippen LogP contribution in [-0.4, -0.2) is 0 Å². The van der Waals surface area contributed by atoms with Gasteiger partial charge in [0, 0.05) is 0 Å². The van der Waals surface area contributed by atoms with Crippen LogP contribution in [0.15, 0.2) is 24.3 Å². The minimum atomic E-state index is 1.19. The van der Waals surface area contributed by atoms with Crippen LogP contribution in [0.4, 0.5) is 0 Å². The van der Waals surface area contributed by atoms with Gasteiger partial charge in [0.15, 0.2) is 0 Å². The van der Waals surface area contributed by atoms with Crippen molar-refractivity contribution in [1.29, 1.82) is 0 Å². The molecular weight excluding hydrogens is 156 g/mol. The summed E-state index contributed by atoms with van der Waals surface area (Å²) in [7, 11) is 0. The van der Waals surface area contributed by atoms with Crippen LogP contribution >= 0.6 is 0 Å². The second kappa shape index (κ2) is 5.80. The zero-order valence-corrected chi connectivity index (χ0v) is 8.55. The lowest BCUT2D eigenvalue weighted by molar-refractivity contribution is 0.666. The number of hydrogen-bond donors (Lipinski definition) is 0. The van der Waals surface area contributed by atoms with Crippen molar-refractivity contribution in [2.75, 3.05) is 0 Å². The Morgan fingerprint density at radius 2 is 1.85 bits per heavy atom. The predicted molar refractivity (Wildman–Crippen MR) is 58.7 cm³/mol. The van der Waals surface area contributed by atoms with Crippen LogP contribution in [0, 0.1) is 6.92 Å². The van der Waals surface area contributed by atoms with Crippen molar-refractivity contribution in [3.05, 3.63) is 42.3 Å². The molecule has 0 fully saturated rings. The van der Waals surface area contributed by atoms with Gasteiger partial charge in [-0.1, -0.05) is 50.5 Å². The fourth-order valence-corrected chi connectivity index (χ4v) is 1.54. The number of unbranched alkanes of at least 4 members (excludes halogenated alkanes) is 3. The third-order valence-electron chi connectivity index (χ3n) is 2.42. The molecule has 0 saturated heterocycles. The van der Waals surface area contributed by atoms with Gasteiger partial charge in [-0.25, -0.2) is 0 Å². The maximum atomic E-state index is 4.02. The highest BCUT2D eigenvalue weighted by atomic mass is 14.0. The fourth-order valence-electron chi connectivity index (χ4n) is 1.54. The summed E-state index contributed by atoms with van der Waals surface area (Å²) < 4.78 is 0. The summed E-state index contributed by atoms with van der Waals surface area (Å²) in [5, 5.41) is 0. The van der Waals surface area contributed by atoms with E-state index in [9.17, 15) is 0 Å². The predicted octanol–water partition coefficient (Wildman–Crippen LogP) is 3.99. The van der Waals surface area contributed by atoms with E-state index in [1.165, 1.54) is 43.2 Å². The van der Waals surface area contributed by atoms with Crippen LogP contribution < -0.4 is 0 Å². The molecule has 0 aromatic heterocycles. The quantitative estimate of drug-likeness (QED) is 0.593. The lowest BCUT2D eigenvalue weighted by Crippen LogP contribution is -1.89. The van der Waals surface area contributed by atoms with E-state index >= 15 is 0 Å². The van der Waals surface area contributed by atoms with E-state index in [1.807, 2.05) is 0 Å². The van der Waals surface area contributed by atoms with Gasteiger partial charge >= 0.3 is 0 Å². The van der Waals surface area contributed by atoms with E-state index in [0.717, 1.165) is 0 Å². The molecule has 0 heterocycles. The zero-order valence-electron chi connectivity index (χ0n) is 8.55. The number of hydrogen-bond acceptors (Lipinski definition) is 0. The van der Waals surface area contributed by atoms with E-state index in [1.54, 1.807) is 0 Å². The molecule has 71 valence electrons. The van der Waals surface area contributed by atoms with E-state index in [4.69, 9.17) is 0 Å². The molecule has 0 amide bonds. The van der Waals surface area contributed by atoms with Crippen LogP contribution in [0.3, 0.4) is 0 Å². The van der Waals surface area contributed by atoms with Crippen molar-refractivity contribution in [2.24, 2.45) is 0 Å². The molecule has 1 rings (SSSR count). The van der Waals surface area contributed by atoms with E-state index in [2.05, 4.69) is 38.1 Å². The summed E-state index contributed by atoms with van der Waals surface area (Å²) in [5.74, 6) is 0. The van der Waals surface area contributed by atoms with Gasteiger partial charge in [0.05, 0.1) is 0 Å². The first-order valence-corrected chi connectivity index (χ1v) is 5.24. The summed E-state index contributed by atoms with van der Waals surface area (Å²) in [6.07, 6.45) is 6.52. The maximum absolute atomic E-state index is 4.02. The Kier molecular flexibility index (Phi) is 4.59. The standard InChI is InChI=1S/C13H19/c1-3-4-5-6-10-13-11-8-7-9-12(13)2/h7-9,11H,2-6,10H2,1H3. The summed E-state index contributed by atoms with van der Waals surface area (Å²) in [6.45, 7) is 6.26. The molecule has 0 heteroatoms. The van der Waals surface area contributed by atoms with Crippen LogP contribution in [0.5, 0.6) is 0 Å². The SMILES string of the molecule is [CH2]c1ccccc1CCCCCC. The maximum Gasteiger partial charge on any atom is -0.0235 e. The molecule has 0 unspecified atom stereocenters. The molecule has 0 saturated carbocycles. The molecule has 0 aliphatic heterocycles. The Hall–Kier alpha value is -0.780. The lowest BCUT2D eigenvalue weighted by atomic mass is 10.0. The molecule has 0 atom stereocenters. The van der Waals surface area contributed by atoms with Crippen LogP contribution in [0.25, 0.3) is 0 Å². The van der Waals surface area contributed by atoms with Crippen molar-refractivity contribution in [1.82, 2.24) is 0 Å². The van der Waals surface area contributed by atoms with Gasteiger partial charge in [-0.2, -0.15) is 0 Å². The van der Waals surface area contributed by atoms with E-state index in [-0.39, 0.29) is 0 Å². The average Bonchev–Trinajstić information content (AvgIpc) is 2.15.